The van der Waals surface area contributed by atoms with E-state index in [1.54, 1.807) is 12.1 Å². The zero-order valence-corrected chi connectivity index (χ0v) is 17.6. The van der Waals surface area contributed by atoms with Gasteiger partial charge in [-0.3, -0.25) is 4.90 Å². The second kappa shape index (κ2) is 7.40. The molecule has 158 valence electrons. The maximum atomic E-state index is 11.3. The molecule has 0 amide bonds. The molecule has 4 atom stereocenters. The van der Waals surface area contributed by atoms with Crippen LogP contribution in [0.3, 0.4) is 0 Å². The van der Waals surface area contributed by atoms with Gasteiger partial charge >= 0.3 is 5.97 Å². The second-order valence-electron chi connectivity index (χ2n) is 9.47. The molecule has 30 heavy (non-hydrogen) atoms. The Labute approximate surface area is 177 Å². The Balaban J connectivity index is 1.32. The van der Waals surface area contributed by atoms with Crippen LogP contribution in [0.5, 0.6) is 5.75 Å². The number of aromatic carboxylic acids is 1. The molecule has 0 bridgehead atoms. The lowest BCUT2D eigenvalue weighted by Crippen LogP contribution is -2.55. The van der Waals surface area contributed by atoms with E-state index in [1.165, 1.54) is 5.56 Å². The van der Waals surface area contributed by atoms with E-state index in [1.807, 2.05) is 18.2 Å². The Hall–Kier alpha value is -2.37. The molecule has 3 aliphatic heterocycles. The quantitative estimate of drug-likeness (QED) is 0.810. The molecule has 5 rings (SSSR count). The third-order valence-electron chi connectivity index (χ3n) is 7.06. The van der Waals surface area contributed by atoms with Crippen molar-refractivity contribution in [3.8, 4) is 5.75 Å². The van der Waals surface area contributed by atoms with Crippen LogP contribution in [0.4, 0.5) is 0 Å². The zero-order valence-electron chi connectivity index (χ0n) is 17.6. The molecule has 3 heterocycles. The number of carboxylic acids is 1. The first-order valence-electron chi connectivity index (χ1n) is 10.9. The summed E-state index contributed by atoms with van der Waals surface area (Å²) in [4.78, 5) is 13.7. The first-order chi connectivity index (χ1) is 14.4. The summed E-state index contributed by atoms with van der Waals surface area (Å²) in [7, 11) is 0. The van der Waals surface area contributed by atoms with Crippen LogP contribution in [-0.2, 0) is 11.3 Å². The average molecular weight is 408 g/mol. The summed E-state index contributed by atoms with van der Waals surface area (Å²) in [6.45, 7) is 7.09. The molecule has 1 N–H and O–H groups in total. The lowest BCUT2D eigenvalue weighted by Gasteiger charge is -2.53. The minimum Gasteiger partial charge on any atom is -0.487 e. The van der Waals surface area contributed by atoms with Gasteiger partial charge in [0.15, 0.2) is 0 Å². The highest BCUT2D eigenvalue weighted by atomic mass is 16.5. The Bertz CT molecular complexity index is 956. The molecule has 2 saturated heterocycles. The van der Waals surface area contributed by atoms with E-state index in [4.69, 9.17) is 9.47 Å². The molecule has 5 nitrogen and oxygen atoms in total. The number of piperidine rings is 1. The van der Waals surface area contributed by atoms with E-state index in [0.29, 0.717) is 17.4 Å². The average Bonchev–Trinajstić information content (AvgIpc) is 2.73. The molecule has 0 saturated carbocycles. The summed E-state index contributed by atoms with van der Waals surface area (Å²) in [5.74, 6) is 0.875. The van der Waals surface area contributed by atoms with Gasteiger partial charge in [0.25, 0.3) is 0 Å². The SMILES string of the molecule is CC1(C)Oc2ccccc2[C@H]2O[C@H]3CCN(Cc4cccc(C(=O)O)c4)C[C@H]3C[C@@H]21. The number of fused-ring (bicyclic) bond motifs is 4. The molecule has 0 aliphatic carbocycles. The number of nitrogens with zero attached hydrogens (tertiary/aromatic N) is 1. The van der Waals surface area contributed by atoms with Gasteiger partial charge in [-0.05, 0) is 56.4 Å². The molecule has 5 heteroatoms. The number of para-hydroxylation sites is 1. The third kappa shape index (κ3) is 3.50. The van der Waals surface area contributed by atoms with Crippen molar-refractivity contribution in [2.24, 2.45) is 11.8 Å². The Morgan fingerprint density at radius 3 is 2.87 bits per heavy atom. The molecule has 0 aromatic heterocycles. The van der Waals surface area contributed by atoms with Gasteiger partial charge in [-0.2, -0.15) is 0 Å². The minimum absolute atomic E-state index is 0.102. The van der Waals surface area contributed by atoms with Gasteiger partial charge in [-0.1, -0.05) is 30.3 Å². The van der Waals surface area contributed by atoms with E-state index >= 15 is 0 Å². The minimum atomic E-state index is -0.873. The molecular weight excluding hydrogens is 378 g/mol. The van der Waals surface area contributed by atoms with Gasteiger partial charge in [-0.15, -0.1) is 0 Å². The van der Waals surface area contributed by atoms with Crippen molar-refractivity contribution in [3.63, 3.8) is 0 Å². The highest BCUT2D eigenvalue weighted by Crippen LogP contribution is 2.52. The van der Waals surface area contributed by atoms with Crippen LogP contribution in [0.1, 0.15) is 54.3 Å². The zero-order chi connectivity index (χ0) is 20.9. The Kier molecular flexibility index (Phi) is 4.83. The van der Waals surface area contributed by atoms with Gasteiger partial charge < -0.3 is 14.6 Å². The van der Waals surface area contributed by atoms with E-state index in [9.17, 15) is 9.90 Å². The molecule has 2 fully saturated rings. The fourth-order valence-electron chi connectivity index (χ4n) is 5.53. The standard InChI is InChI=1S/C25H29NO4/c1-25(2)20-13-18-15-26(14-16-6-5-7-17(12-16)24(27)28)11-10-21(18)29-23(20)19-8-3-4-9-22(19)30-25/h3-9,12,18,20-21,23H,10-11,13-15H2,1-2H3,(H,27,28)/t18-,20+,21+,23-/m1/s1. The van der Waals surface area contributed by atoms with Crippen molar-refractivity contribution in [2.45, 2.75) is 51.0 Å². The maximum Gasteiger partial charge on any atom is 0.335 e. The third-order valence-corrected chi connectivity index (χ3v) is 7.06. The summed E-state index contributed by atoms with van der Waals surface area (Å²) in [5, 5.41) is 9.26. The number of hydrogen-bond acceptors (Lipinski definition) is 4. The van der Waals surface area contributed by atoms with Crippen LogP contribution in [0.15, 0.2) is 48.5 Å². The number of hydrogen-bond donors (Lipinski definition) is 1. The number of rotatable bonds is 3. The van der Waals surface area contributed by atoms with Crippen LogP contribution >= 0.6 is 0 Å². The summed E-state index contributed by atoms with van der Waals surface area (Å²) >= 11 is 0. The van der Waals surface area contributed by atoms with Crippen molar-refractivity contribution in [1.29, 1.82) is 0 Å². The van der Waals surface area contributed by atoms with Crippen molar-refractivity contribution >= 4 is 5.97 Å². The number of ether oxygens (including phenoxy) is 2. The molecular formula is C25H29NO4. The monoisotopic (exact) mass is 407 g/mol. The second-order valence-corrected chi connectivity index (χ2v) is 9.47. The number of likely N-dealkylation sites (tertiary alicyclic amines) is 1. The normalized spacial score (nSPS) is 29.8. The molecule has 0 radical (unpaired) electrons. The topological polar surface area (TPSA) is 59.0 Å². The van der Waals surface area contributed by atoms with E-state index in [2.05, 4.69) is 36.9 Å². The van der Waals surface area contributed by atoms with Gasteiger partial charge in [0, 0.05) is 31.1 Å². The van der Waals surface area contributed by atoms with Gasteiger partial charge in [0.1, 0.15) is 11.4 Å². The van der Waals surface area contributed by atoms with Crippen molar-refractivity contribution in [3.05, 3.63) is 65.2 Å². The lowest BCUT2D eigenvalue weighted by atomic mass is 9.70. The molecule has 3 aliphatic rings. The number of carbonyl (C=O) groups is 1. The summed E-state index contributed by atoms with van der Waals surface area (Å²) in [6.07, 6.45) is 2.47. The first kappa shape index (κ1) is 19.6. The van der Waals surface area contributed by atoms with Gasteiger partial charge in [0.05, 0.1) is 17.8 Å². The van der Waals surface area contributed by atoms with Crippen LogP contribution in [-0.4, -0.2) is 40.8 Å². The van der Waals surface area contributed by atoms with Crippen LogP contribution in [0, 0.1) is 11.8 Å². The summed E-state index contributed by atoms with van der Waals surface area (Å²) in [5.41, 5.74) is 2.33. The van der Waals surface area contributed by atoms with E-state index < -0.39 is 5.97 Å². The summed E-state index contributed by atoms with van der Waals surface area (Å²) in [6, 6.07) is 15.6. The van der Waals surface area contributed by atoms with Gasteiger partial charge in [0.2, 0.25) is 0 Å². The van der Waals surface area contributed by atoms with E-state index in [0.717, 1.165) is 43.8 Å². The van der Waals surface area contributed by atoms with Gasteiger partial charge in [-0.25, -0.2) is 4.79 Å². The first-order valence-corrected chi connectivity index (χ1v) is 10.9. The Morgan fingerprint density at radius 1 is 1.20 bits per heavy atom. The number of benzene rings is 2. The largest absolute Gasteiger partial charge is 0.487 e. The smallest absolute Gasteiger partial charge is 0.335 e. The maximum absolute atomic E-state index is 11.3. The highest BCUT2D eigenvalue weighted by Gasteiger charge is 2.51. The Morgan fingerprint density at radius 2 is 2.03 bits per heavy atom. The number of carboxylic acid groups (broad SMARTS) is 1. The predicted molar refractivity (Wildman–Crippen MR) is 114 cm³/mol. The lowest BCUT2D eigenvalue weighted by molar-refractivity contribution is -0.187. The van der Waals surface area contributed by atoms with Crippen molar-refractivity contribution in [2.75, 3.05) is 13.1 Å². The van der Waals surface area contributed by atoms with Crippen LogP contribution in [0.25, 0.3) is 0 Å². The van der Waals surface area contributed by atoms with E-state index in [-0.39, 0.29) is 17.8 Å². The van der Waals surface area contributed by atoms with Crippen LogP contribution < -0.4 is 4.74 Å². The van der Waals surface area contributed by atoms with Crippen molar-refractivity contribution in [1.82, 2.24) is 4.90 Å². The van der Waals surface area contributed by atoms with Crippen molar-refractivity contribution < 1.29 is 19.4 Å². The predicted octanol–water partition coefficient (Wildman–Crippen LogP) is 4.52. The molecule has 0 unspecified atom stereocenters. The highest BCUT2D eigenvalue weighted by molar-refractivity contribution is 5.87. The fourth-order valence-corrected chi connectivity index (χ4v) is 5.53. The fraction of sp³-hybridized carbons (Fsp3) is 0.480. The summed E-state index contributed by atoms with van der Waals surface area (Å²) < 4.78 is 13.1. The molecule has 2 aromatic carbocycles. The molecule has 2 aromatic rings. The van der Waals surface area contributed by atoms with Crippen LogP contribution in [0.2, 0.25) is 0 Å². The molecule has 0 spiro atoms.